The molecule has 14 aromatic rings. The molecule has 5 nitrogen and oxygen atoms in total. The summed E-state index contributed by atoms with van der Waals surface area (Å²) in [5.74, 6) is 2.02. The van der Waals surface area contributed by atoms with Crippen LogP contribution in [0.3, 0.4) is 0 Å². The molecule has 6 heteroatoms. The van der Waals surface area contributed by atoms with E-state index in [1.54, 1.807) is 0 Å². The van der Waals surface area contributed by atoms with Crippen molar-refractivity contribution in [3.05, 3.63) is 295 Å². The largest absolute Gasteiger partial charge is 0.509 e. The van der Waals surface area contributed by atoms with Gasteiger partial charge in [-0.15, -0.1) is 35.7 Å². The van der Waals surface area contributed by atoms with Crippen LogP contribution in [0, 0.1) is 18.8 Å². The number of para-hydroxylation sites is 3. The van der Waals surface area contributed by atoms with E-state index in [4.69, 9.17) is 9.72 Å². The van der Waals surface area contributed by atoms with Crippen LogP contribution in [0.4, 0.5) is 11.4 Å². The number of rotatable bonds is 5. The molecular weight excluding hydrogens is 1190 g/mol. The fourth-order valence-corrected chi connectivity index (χ4v) is 14.1. The number of aromatic nitrogens is 3. The maximum absolute atomic E-state index is 6.85. The van der Waals surface area contributed by atoms with Crippen LogP contribution in [0.25, 0.3) is 104 Å². The molecule has 0 amide bonds. The second-order valence-corrected chi connectivity index (χ2v) is 23.1. The fraction of sp³-hybridized carbons (Fsp3) is 0.0649. The molecule has 0 radical (unpaired) electrons. The number of fused-ring (bicyclic) bond motifs is 20. The van der Waals surface area contributed by atoms with Crippen molar-refractivity contribution in [1.29, 1.82) is 0 Å². The van der Waals surface area contributed by atoms with Gasteiger partial charge >= 0.3 is 0 Å². The van der Waals surface area contributed by atoms with Crippen molar-refractivity contribution >= 4 is 76.5 Å². The van der Waals surface area contributed by atoms with E-state index >= 15 is 0 Å². The Kier molecular flexibility index (Phi) is 10.9. The molecule has 1 aliphatic heterocycles. The molecule has 0 saturated carbocycles. The van der Waals surface area contributed by atoms with E-state index in [9.17, 15) is 0 Å². The number of benzene rings is 11. The van der Waals surface area contributed by atoms with Gasteiger partial charge in [-0.05, 0) is 152 Å². The topological polar surface area (TPSA) is 35.2 Å². The van der Waals surface area contributed by atoms with Crippen molar-refractivity contribution < 1.29 is 25.8 Å². The molecule has 0 N–H and O–H groups in total. The van der Waals surface area contributed by atoms with Crippen molar-refractivity contribution in [3.8, 4) is 50.7 Å². The summed E-state index contributed by atoms with van der Waals surface area (Å²) in [6.07, 6.45) is 1.91. The van der Waals surface area contributed by atoms with Gasteiger partial charge in [-0.3, -0.25) is 0 Å². The van der Waals surface area contributed by atoms with Crippen LogP contribution >= 0.6 is 0 Å². The monoisotopic (exact) mass is 1240 g/mol. The number of ether oxygens (including phenoxy) is 1. The summed E-state index contributed by atoms with van der Waals surface area (Å²) in [6.45, 7) is 8.98. The average molecular weight is 1240 g/mol. The molecule has 398 valence electrons. The third kappa shape index (κ3) is 7.11. The number of hydrogen-bond donors (Lipinski definition) is 0. The molecule has 1 spiro atoms. The third-order valence-corrected chi connectivity index (χ3v) is 17.7. The van der Waals surface area contributed by atoms with Gasteiger partial charge in [0, 0.05) is 50.0 Å². The second-order valence-electron chi connectivity index (χ2n) is 23.1. The molecule has 0 saturated heterocycles. The van der Waals surface area contributed by atoms with E-state index in [1.165, 1.54) is 71.6 Å². The van der Waals surface area contributed by atoms with Crippen LogP contribution in [-0.2, 0) is 31.9 Å². The zero-order chi connectivity index (χ0) is 54.4. The Morgan fingerprint density at radius 1 is 0.446 bits per heavy atom. The Morgan fingerprint density at radius 2 is 0.988 bits per heavy atom. The minimum atomic E-state index is -0.486. The average Bonchev–Trinajstić information content (AvgIpc) is 1.65. The second kappa shape index (κ2) is 18.4. The first kappa shape index (κ1) is 49.2. The molecule has 4 heterocycles. The van der Waals surface area contributed by atoms with Crippen molar-refractivity contribution in [3.63, 3.8) is 0 Å². The van der Waals surface area contributed by atoms with Crippen LogP contribution in [0.5, 0.6) is 11.5 Å². The van der Waals surface area contributed by atoms with Gasteiger partial charge in [0.15, 0.2) is 0 Å². The predicted octanol–water partition coefficient (Wildman–Crippen LogP) is 19.5. The minimum absolute atomic E-state index is 0. The van der Waals surface area contributed by atoms with Crippen molar-refractivity contribution in [1.82, 2.24) is 14.1 Å². The maximum Gasteiger partial charge on any atom is 0.135 e. The molecule has 3 aromatic heterocycles. The van der Waals surface area contributed by atoms with Gasteiger partial charge in [-0.2, -0.15) is 12.1 Å². The van der Waals surface area contributed by atoms with Gasteiger partial charge in [0.25, 0.3) is 0 Å². The first-order valence-electron chi connectivity index (χ1n) is 28.3. The summed E-state index contributed by atoms with van der Waals surface area (Å²) in [5.41, 5.74) is 19.5. The Hall–Kier alpha value is -9.67. The van der Waals surface area contributed by atoms with Gasteiger partial charge < -0.3 is 18.8 Å². The van der Waals surface area contributed by atoms with Crippen LogP contribution in [0.2, 0.25) is 0 Å². The van der Waals surface area contributed by atoms with E-state index in [0.29, 0.717) is 11.5 Å². The SMILES string of the molecule is CC(C)(C)c1ccnc(-n2c3[c-]c(Oc4[c-]c(N5[CH-]n6c7c(-c8ccc9c(c8)C8(c%10ccccc%10-c%10ccccc%108)c8ccccc8-9)cccc7c7ccccc7c7ccccc7c7cccc5c76)ccc4)ccc3c3ccccc32)c1.[Pt]. The van der Waals surface area contributed by atoms with E-state index < -0.39 is 5.41 Å². The summed E-state index contributed by atoms with van der Waals surface area (Å²) in [7, 11) is 0. The van der Waals surface area contributed by atoms with Gasteiger partial charge in [-0.1, -0.05) is 214 Å². The number of pyridine rings is 1. The summed E-state index contributed by atoms with van der Waals surface area (Å²) in [6, 6.07) is 96.4. The molecule has 83 heavy (non-hydrogen) atoms. The summed E-state index contributed by atoms with van der Waals surface area (Å²) >= 11 is 0. The van der Waals surface area contributed by atoms with E-state index in [1.807, 2.05) is 18.3 Å². The van der Waals surface area contributed by atoms with Gasteiger partial charge in [0.2, 0.25) is 0 Å². The van der Waals surface area contributed by atoms with Crippen LogP contribution < -0.4 is 9.64 Å². The smallest absolute Gasteiger partial charge is 0.135 e. The van der Waals surface area contributed by atoms with E-state index in [0.717, 1.165) is 71.9 Å². The third-order valence-electron chi connectivity index (χ3n) is 17.7. The van der Waals surface area contributed by atoms with Gasteiger partial charge in [-0.25, -0.2) is 4.98 Å². The van der Waals surface area contributed by atoms with E-state index in [-0.39, 0.29) is 26.5 Å². The van der Waals surface area contributed by atoms with Crippen LogP contribution in [0.15, 0.2) is 249 Å². The van der Waals surface area contributed by atoms with Crippen LogP contribution in [-0.4, -0.2) is 14.1 Å². The summed E-state index contributed by atoms with van der Waals surface area (Å²) < 4.78 is 11.5. The molecule has 0 atom stereocenters. The molecule has 0 unspecified atom stereocenters. The van der Waals surface area contributed by atoms with E-state index in [2.05, 4.69) is 284 Å². The molecule has 11 aromatic carbocycles. The molecule has 0 fully saturated rings. The maximum atomic E-state index is 6.85. The van der Waals surface area contributed by atoms with Crippen molar-refractivity contribution in [2.45, 2.75) is 31.6 Å². The number of nitrogens with zero attached hydrogens (tertiary/aromatic N) is 4. The standard InChI is InChI=1S/C77H51N4O.Pt/c1-76(2,3)49-41-42-78-73(44-49)81-70-35-15-11-28-62(70)63-40-38-52(46-72(63)81)82-51-20-16-19-50(45-51)79-47-80-74-53(29-17-30-64(74)56-23-6-4-21-54(56)55-22-5-7-24-57(55)65-31-18-36-71(79)75(65)80)48-37-39-61-60-27-10-14-34-68(60)77(69(61)43-48)66-32-12-8-25-58(66)59-26-9-13-33-67(59)77;/h4-44,47H,1-3H3;/q-3;. The van der Waals surface area contributed by atoms with Gasteiger partial charge in [0.1, 0.15) is 5.82 Å². The summed E-state index contributed by atoms with van der Waals surface area (Å²) in [5, 5.41) is 9.21. The first-order valence-corrected chi connectivity index (χ1v) is 28.3. The molecular formula is C77H51N4OPt-3. The van der Waals surface area contributed by atoms with Crippen molar-refractivity contribution in [2.75, 3.05) is 4.90 Å². The Balaban J connectivity index is 0.00000565. The molecule has 2 aliphatic carbocycles. The Morgan fingerprint density at radius 3 is 1.66 bits per heavy atom. The van der Waals surface area contributed by atoms with Gasteiger partial charge in [0.05, 0.1) is 5.41 Å². The van der Waals surface area contributed by atoms with Crippen molar-refractivity contribution in [2.24, 2.45) is 0 Å². The summed E-state index contributed by atoms with van der Waals surface area (Å²) in [4.78, 5) is 7.20. The quantitative estimate of drug-likeness (QED) is 0.161. The Bertz CT molecular complexity index is 5070. The zero-order valence-corrected chi connectivity index (χ0v) is 48.0. The zero-order valence-electron chi connectivity index (χ0n) is 45.8. The first-order chi connectivity index (χ1) is 40.3. The number of anilines is 2. The predicted molar refractivity (Wildman–Crippen MR) is 337 cm³/mol. The minimum Gasteiger partial charge on any atom is -0.509 e. The normalized spacial score (nSPS) is 13.3. The molecule has 3 aliphatic rings. The van der Waals surface area contributed by atoms with Crippen LogP contribution in [0.1, 0.15) is 48.6 Å². The molecule has 0 bridgehead atoms. The number of hydrogen-bond acceptors (Lipinski definition) is 3. The Labute approximate surface area is 495 Å². The molecule has 17 rings (SSSR count). The fourth-order valence-electron chi connectivity index (χ4n) is 14.1.